The summed E-state index contributed by atoms with van der Waals surface area (Å²) in [6.45, 7) is 2.26. The van der Waals surface area contributed by atoms with E-state index in [0.29, 0.717) is 42.7 Å². The van der Waals surface area contributed by atoms with Gasteiger partial charge in [-0.15, -0.1) is 11.3 Å². The predicted octanol–water partition coefficient (Wildman–Crippen LogP) is 5.65. The van der Waals surface area contributed by atoms with Crippen molar-refractivity contribution < 1.29 is 19.4 Å². The van der Waals surface area contributed by atoms with E-state index in [2.05, 4.69) is 6.07 Å². The highest BCUT2D eigenvalue weighted by molar-refractivity contribution is 7.11. The number of carbonyl (C=O) groups is 2. The van der Waals surface area contributed by atoms with Crippen molar-refractivity contribution in [3.05, 3.63) is 75.1 Å². The van der Waals surface area contributed by atoms with Gasteiger partial charge >= 0.3 is 5.97 Å². The predicted molar refractivity (Wildman–Crippen MR) is 126 cm³/mol. The number of aldehydes is 1. The maximum Gasteiger partial charge on any atom is 0.306 e. The first kappa shape index (κ1) is 22.4. The highest BCUT2D eigenvalue weighted by Gasteiger charge is 2.23. The number of carboxylic acids is 1. The fourth-order valence-corrected chi connectivity index (χ4v) is 4.72. The van der Waals surface area contributed by atoms with Crippen LogP contribution in [0.25, 0.3) is 16.8 Å². The van der Waals surface area contributed by atoms with Crippen LogP contribution in [0.3, 0.4) is 0 Å². The number of rotatable bonds is 7. The summed E-state index contributed by atoms with van der Waals surface area (Å²) in [5, 5.41) is 21.4. The van der Waals surface area contributed by atoms with Gasteiger partial charge in [-0.3, -0.25) is 9.59 Å². The number of hydrogen-bond donors (Lipinski definition) is 1. The Hall–Kier alpha value is -3.76. The third kappa shape index (κ3) is 5.02. The van der Waals surface area contributed by atoms with Gasteiger partial charge in [-0.2, -0.15) is 5.26 Å². The van der Waals surface area contributed by atoms with Crippen LogP contribution in [0.2, 0.25) is 0 Å². The minimum Gasteiger partial charge on any atom is -0.488 e. The maximum absolute atomic E-state index is 11.2. The molecule has 1 aromatic heterocycles. The standard InChI is InChI=1S/C26H22N2O4S/c1-16-10-18(13-29)2-4-21(16)14-32-24-9-3-17(12-27)11-22(24)23-15-33-25(28-23)19-5-7-20(8-6-19)26(30)31/h2-5,9-11,13,15,20H,6-8,14H2,1H3,(H,30,31). The summed E-state index contributed by atoms with van der Waals surface area (Å²) < 4.78 is 6.11. The number of carbonyl (C=O) groups excluding carboxylic acids is 1. The zero-order valence-corrected chi connectivity index (χ0v) is 18.9. The largest absolute Gasteiger partial charge is 0.488 e. The molecule has 0 fully saturated rings. The van der Waals surface area contributed by atoms with Gasteiger partial charge in [0.25, 0.3) is 0 Å². The molecule has 0 amide bonds. The number of benzene rings is 2. The minimum absolute atomic E-state index is 0.322. The second-order valence-corrected chi connectivity index (χ2v) is 8.85. The molecule has 7 heteroatoms. The molecule has 1 atom stereocenters. The Morgan fingerprint density at radius 3 is 2.85 bits per heavy atom. The average molecular weight is 459 g/mol. The normalized spacial score (nSPS) is 15.4. The number of aromatic nitrogens is 1. The van der Waals surface area contributed by atoms with Crippen LogP contribution < -0.4 is 4.74 Å². The zero-order valence-electron chi connectivity index (χ0n) is 18.1. The van der Waals surface area contributed by atoms with Crippen molar-refractivity contribution in [2.24, 2.45) is 5.92 Å². The highest BCUT2D eigenvalue weighted by atomic mass is 32.1. The van der Waals surface area contributed by atoms with Crippen LogP contribution in [0.15, 0.2) is 47.9 Å². The van der Waals surface area contributed by atoms with E-state index in [1.807, 2.05) is 30.5 Å². The SMILES string of the molecule is Cc1cc(C=O)ccc1COc1ccc(C#N)cc1-c1csc(C2=CCC(C(=O)O)CC2)n1. The minimum atomic E-state index is -0.753. The smallest absolute Gasteiger partial charge is 0.306 e. The molecule has 0 aliphatic heterocycles. The summed E-state index contributed by atoms with van der Waals surface area (Å²) in [6.07, 6.45) is 4.60. The summed E-state index contributed by atoms with van der Waals surface area (Å²) in [7, 11) is 0. The average Bonchev–Trinajstić information content (AvgIpc) is 3.33. The van der Waals surface area contributed by atoms with Gasteiger partial charge < -0.3 is 9.84 Å². The third-order valence-electron chi connectivity index (χ3n) is 5.81. The van der Waals surface area contributed by atoms with Crippen molar-refractivity contribution in [1.82, 2.24) is 4.98 Å². The van der Waals surface area contributed by atoms with E-state index in [1.54, 1.807) is 24.3 Å². The van der Waals surface area contributed by atoms with Gasteiger partial charge in [-0.25, -0.2) is 4.98 Å². The second kappa shape index (κ2) is 9.80. The van der Waals surface area contributed by atoms with Gasteiger partial charge in [-0.05, 0) is 67.2 Å². The van der Waals surface area contributed by atoms with E-state index in [0.717, 1.165) is 39.3 Å². The lowest BCUT2D eigenvalue weighted by atomic mass is 9.90. The van der Waals surface area contributed by atoms with Crippen LogP contribution in [-0.4, -0.2) is 22.3 Å². The van der Waals surface area contributed by atoms with Crippen molar-refractivity contribution in [1.29, 1.82) is 5.26 Å². The van der Waals surface area contributed by atoms with Crippen molar-refractivity contribution in [3.8, 4) is 23.1 Å². The molecule has 2 aromatic carbocycles. The van der Waals surface area contributed by atoms with Crippen molar-refractivity contribution in [2.45, 2.75) is 32.8 Å². The Morgan fingerprint density at radius 1 is 1.33 bits per heavy atom. The molecule has 0 saturated carbocycles. The molecule has 1 aliphatic carbocycles. The van der Waals surface area contributed by atoms with Gasteiger partial charge in [0.05, 0.1) is 23.2 Å². The first-order valence-corrected chi connectivity index (χ1v) is 11.5. The molecule has 1 N–H and O–H groups in total. The lowest BCUT2D eigenvalue weighted by Gasteiger charge is -2.17. The van der Waals surface area contributed by atoms with Gasteiger partial charge in [0, 0.05) is 16.5 Å². The number of carboxylic acid groups (broad SMARTS) is 1. The van der Waals surface area contributed by atoms with Crippen LogP contribution in [-0.2, 0) is 11.4 Å². The number of aliphatic carboxylic acids is 1. The lowest BCUT2D eigenvalue weighted by molar-refractivity contribution is -0.141. The van der Waals surface area contributed by atoms with Crippen LogP contribution in [0.1, 0.15) is 51.3 Å². The highest BCUT2D eigenvalue weighted by Crippen LogP contribution is 2.37. The molecule has 0 spiro atoms. The molecule has 6 nitrogen and oxygen atoms in total. The van der Waals surface area contributed by atoms with E-state index in [1.165, 1.54) is 11.3 Å². The number of nitriles is 1. The van der Waals surface area contributed by atoms with Crippen molar-refractivity contribution in [3.63, 3.8) is 0 Å². The maximum atomic E-state index is 11.2. The molecule has 1 heterocycles. The zero-order chi connectivity index (χ0) is 23.4. The number of thiazole rings is 1. The van der Waals surface area contributed by atoms with Crippen LogP contribution in [0.5, 0.6) is 5.75 Å². The first-order chi connectivity index (χ1) is 16.0. The molecule has 3 aromatic rings. The molecule has 33 heavy (non-hydrogen) atoms. The van der Waals surface area contributed by atoms with E-state index in [4.69, 9.17) is 9.72 Å². The summed E-state index contributed by atoms with van der Waals surface area (Å²) in [5.74, 6) is -0.464. The Morgan fingerprint density at radius 2 is 2.18 bits per heavy atom. The van der Waals surface area contributed by atoms with Crippen molar-refractivity contribution in [2.75, 3.05) is 0 Å². The second-order valence-electron chi connectivity index (χ2n) is 7.99. The monoisotopic (exact) mass is 458 g/mol. The molecule has 0 saturated heterocycles. The summed E-state index contributed by atoms with van der Waals surface area (Å²) in [5.41, 5.74) is 5.59. The molecule has 166 valence electrons. The molecule has 0 bridgehead atoms. The Balaban J connectivity index is 1.59. The Labute approximate surface area is 195 Å². The number of aryl methyl sites for hydroxylation is 1. The molecular weight excluding hydrogens is 436 g/mol. The first-order valence-electron chi connectivity index (χ1n) is 10.6. The van der Waals surface area contributed by atoms with E-state index < -0.39 is 5.97 Å². The fourth-order valence-electron chi connectivity index (χ4n) is 3.83. The van der Waals surface area contributed by atoms with E-state index in [9.17, 15) is 20.0 Å². The molecule has 1 aliphatic rings. The number of allylic oxidation sites excluding steroid dienone is 2. The lowest BCUT2D eigenvalue weighted by Crippen LogP contribution is -2.15. The molecular formula is C26H22N2O4S. The fraction of sp³-hybridized carbons (Fsp3) is 0.231. The molecule has 4 rings (SSSR count). The summed E-state index contributed by atoms with van der Waals surface area (Å²) >= 11 is 1.51. The van der Waals surface area contributed by atoms with E-state index >= 15 is 0 Å². The third-order valence-corrected chi connectivity index (χ3v) is 6.73. The quantitative estimate of drug-likeness (QED) is 0.459. The van der Waals surface area contributed by atoms with Gasteiger partial charge in [0.1, 0.15) is 23.7 Å². The van der Waals surface area contributed by atoms with Crippen LogP contribution >= 0.6 is 11.3 Å². The Kier molecular flexibility index (Phi) is 6.66. The van der Waals surface area contributed by atoms with Gasteiger partial charge in [-0.1, -0.05) is 18.2 Å². The summed E-state index contributed by atoms with van der Waals surface area (Å²) in [4.78, 5) is 27.0. The van der Waals surface area contributed by atoms with Gasteiger partial charge in [0.2, 0.25) is 0 Å². The molecule has 0 radical (unpaired) electrons. The number of ether oxygens (including phenoxy) is 1. The van der Waals surface area contributed by atoms with Crippen molar-refractivity contribution >= 4 is 29.2 Å². The number of hydrogen-bond acceptors (Lipinski definition) is 6. The van der Waals surface area contributed by atoms with E-state index in [-0.39, 0.29) is 5.92 Å². The molecule has 1 unspecified atom stereocenters. The topological polar surface area (TPSA) is 100 Å². The van der Waals surface area contributed by atoms with Crippen LogP contribution in [0.4, 0.5) is 0 Å². The Bertz CT molecular complexity index is 1290. The number of nitrogens with zero attached hydrogens (tertiary/aromatic N) is 2. The van der Waals surface area contributed by atoms with Crippen LogP contribution in [0, 0.1) is 24.2 Å². The van der Waals surface area contributed by atoms with Gasteiger partial charge in [0.15, 0.2) is 0 Å². The summed E-state index contributed by atoms with van der Waals surface area (Å²) in [6, 6.07) is 12.9.